The summed E-state index contributed by atoms with van der Waals surface area (Å²) in [4.78, 5) is 11.2. The van der Waals surface area contributed by atoms with Crippen LogP contribution < -0.4 is 0 Å². The molecule has 2 heterocycles. The molecule has 1 aromatic heterocycles. The standard InChI is InChI=1S/C13H19NO3/c1-2-3-12-11(13(15)16)4-7-14(12)10-5-8-17-9-6-10/h4,7,10H,2-3,5-6,8-9H2,1H3,(H,15,16). The fourth-order valence-corrected chi connectivity index (χ4v) is 2.48. The molecule has 1 aliphatic heterocycles. The summed E-state index contributed by atoms with van der Waals surface area (Å²) in [6, 6.07) is 2.13. The van der Waals surface area contributed by atoms with Crippen molar-refractivity contribution in [3.8, 4) is 0 Å². The maximum absolute atomic E-state index is 11.2. The molecule has 94 valence electrons. The smallest absolute Gasteiger partial charge is 0.337 e. The number of nitrogens with zero attached hydrogens (tertiary/aromatic N) is 1. The third kappa shape index (κ3) is 2.52. The number of ether oxygens (including phenoxy) is 1. The minimum Gasteiger partial charge on any atom is -0.478 e. The molecule has 17 heavy (non-hydrogen) atoms. The van der Waals surface area contributed by atoms with Gasteiger partial charge >= 0.3 is 5.97 Å². The largest absolute Gasteiger partial charge is 0.478 e. The highest BCUT2D eigenvalue weighted by Crippen LogP contribution is 2.26. The lowest BCUT2D eigenvalue weighted by molar-refractivity contribution is 0.0677. The number of carboxylic acid groups (broad SMARTS) is 1. The van der Waals surface area contributed by atoms with Crippen molar-refractivity contribution in [1.82, 2.24) is 4.57 Å². The monoisotopic (exact) mass is 237 g/mol. The highest BCUT2D eigenvalue weighted by molar-refractivity contribution is 5.89. The Morgan fingerprint density at radius 3 is 2.82 bits per heavy atom. The molecular weight excluding hydrogens is 218 g/mol. The lowest BCUT2D eigenvalue weighted by Crippen LogP contribution is -2.21. The van der Waals surface area contributed by atoms with Gasteiger partial charge in [0.2, 0.25) is 0 Å². The van der Waals surface area contributed by atoms with Gasteiger partial charge in [-0.1, -0.05) is 13.3 Å². The van der Waals surface area contributed by atoms with E-state index in [1.54, 1.807) is 6.07 Å². The first-order valence-electron chi connectivity index (χ1n) is 6.24. The molecule has 0 spiro atoms. The number of hydrogen-bond acceptors (Lipinski definition) is 2. The third-order valence-electron chi connectivity index (χ3n) is 3.33. The van der Waals surface area contributed by atoms with Gasteiger partial charge < -0.3 is 14.4 Å². The zero-order valence-electron chi connectivity index (χ0n) is 10.2. The van der Waals surface area contributed by atoms with Gasteiger partial charge in [-0.05, 0) is 25.3 Å². The molecule has 0 aliphatic carbocycles. The number of carbonyl (C=O) groups is 1. The van der Waals surface area contributed by atoms with Gasteiger partial charge in [0.25, 0.3) is 0 Å². The average Bonchev–Trinajstić information content (AvgIpc) is 2.75. The molecule has 0 bridgehead atoms. The Hall–Kier alpha value is -1.29. The van der Waals surface area contributed by atoms with E-state index in [-0.39, 0.29) is 0 Å². The number of rotatable bonds is 4. The van der Waals surface area contributed by atoms with E-state index >= 15 is 0 Å². The molecule has 0 atom stereocenters. The van der Waals surface area contributed by atoms with Gasteiger partial charge in [-0.15, -0.1) is 0 Å². The highest BCUT2D eigenvalue weighted by atomic mass is 16.5. The summed E-state index contributed by atoms with van der Waals surface area (Å²) in [7, 11) is 0. The average molecular weight is 237 g/mol. The molecule has 4 heteroatoms. The van der Waals surface area contributed by atoms with Crippen molar-refractivity contribution in [1.29, 1.82) is 0 Å². The second kappa shape index (κ2) is 5.36. The van der Waals surface area contributed by atoms with Gasteiger partial charge in [-0.3, -0.25) is 0 Å². The Balaban J connectivity index is 2.28. The zero-order valence-corrected chi connectivity index (χ0v) is 10.2. The Morgan fingerprint density at radius 2 is 2.24 bits per heavy atom. The number of hydrogen-bond donors (Lipinski definition) is 1. The molecule has 1 N–H and O–H groups in total. The van der Waals surface area contributed by atoms with Crippen LogP contribution in [0.5, 0.6) is 0 Å². The molecular formula is C13H19NO3. The van der Waals surface area contributed by atoms with Gasteiger partial charge in [0, 0.05) is 31.1 Å². The van der Waals surface area contributed by atoms with Crippen molar-refractivity contribution >= 4 is 5.97 Å². The van der Waals surface area contributed by atoms with Crippen LogP contribution in [0.1, 0.15) is 48.3 Å². The van der Waals surface area contributed by atoms with E-state index in [1.165, 1.54) is 0 Å². The molecule has 0 unspecified atom stereocenters. The second-order valence-electron chi connectivity index (χ2n) is 4.48. The third-order valence-corrected chi connectivity index (χ3v) is 3.33. The highest BCUT2D eigenvalue weighted by Gasteiger charge is 2.21. The van der Waals surface area contributed by atoms with Crippen molar-refractivity contribution in [3.05, 3.63) is 23.5 Å². The van der Waals surface area contributed by atoms with Gasteiger partial charge in [0.05, 0.1) is 5.56 Å². The van der Waals surface area contributed by atoms with Gasteiger partial charge in [0.15, 0.2) is 0 Å². The lowest BCUT2D eigenvalue weighted by atomic mass is 10.1. The predicted molar refractivity (Wildman–Crippen MR) is 64.5 cm³/mol. The van der Waals surface area contributed by atoms with Gasteiger partial charge in [-0.2, -0.15) is 0 Å². The van der Waals surface area contributed by atoms with Crippen molar-refractivity contribution in [2.24, 2.45) is 0 Å². The summed E-state index contributed by atoms with van der Waals surface area (Å²) < 4.78 is 7.49. The number of aromatic nitrogens is 1. The van der Waals surface area contributed by atoms with Crippen molar-refractivity contribution in [2.45, 2.75) is 38.6 Å². The molecule has 0 radical (unpaired) electrons. The first-order valence-corrected chi connectivity index (χ1v) is 6.24. The number of aromatic carboxylic acids is 1. The van der Waals surface area contributed by atoms with Crippen LogP contribution in [0.25, 0.3) is 0 Å². The van der Waals surface area contributed by atoms with Crippen LogP contribution >= 0.6 is 0 Å². The Kier molecular flexibility index (Phi) is 3.84. The summed E-state index contributed by atoms with van der Waals surface area (Å²) in [5, 5.41) is 9.17. The molecule has 1 fully saturated rings. The molecule has 1 aromatic rings. The van der Waals surface area contributed by atoms with Gasteiger partial charge in [-0.25, -0.2) is 4.79 Å². The van der Waals surface area contributed by atoms with Crippen LogP contribution in [0.2, 0.25) is 0 Å². The molecule has 2 rings (SSSR count). The molecule has 0 aromatic carbocycles. The van der Waals surface area contributed by atoms with E-state index in [0.717, 1.165) is 44.6 Å². The fourth-order valence-electron chi connectivity index (χ4n) is 2.48. The molecule has 0 amide bonds. The molecule has 0 saturated carbocycles. The second-order valence-corrected chi connectivity index (χ2v) is 4.48. The van der Waals surface area contributed by atoms with Crippen LogP contribution in [-0.2, 0) is 11.2 Å². The summed E-state index contributed by atoms with van der Waals surface area (Å²) in [5.41, 5.74) is 1.42. The summed E-state index contributed by atoms with van der Waals surface area (Å²) in [6.45, 7) is 3.63. The quantitative estimate of drug-likeness (QED) is 0.875. The summed E-state index contributed by atoms with van der Waals surface area (Å²) in [6.07, 6.45) is 5.67. The fraction of sp³-hybridized carbons (Fsp3) is 0.615. The Labute approximate surface area is 101 Å². The van der Waals surface area contributed by atoms with Crippen LogP contribution in [0.3, 0.4) is 0 Å². The van der Waals surface area contributed by atoms with Crippen LogP contribution in [0.4, 0.5) is 0 Å². The van der Waals surface area contributed by atoms with Crippen molar-refractivity contribution < 1.29 is 14.6 Å². The van der Waals surface area contributed by atoms with Crippen LogP contribution in [-0.4, -0.2) is 28.9 Å². The normalized spacial score (nSPS) is 17.2. The van der Waals surface area contributed by atoms with E-state index in [0.29, 0.717) is 11.6 Å². The SMILES string of the molecule is CCCc1c(C(=O)O)ccn1C1CCOCC1. The topological polar surface area (TPSA) is 51.5 Å². The maximum atomic E-state index is 11.2. The van der Waals surface area contributed by atoms with E-state index in [9.17, 15) is 4.79 Å². The molecule has 1 saturated heterocycles. The van der Waals surface area contributed by atoms with Gasteiger partial charge in [0.1, 0.15) is 0 Å². The first-order chi connectivity index (χ1) is 8.24. The van der Waals surface area contributed by atoms with E-state index in [2.05, 4.69) is 11.5 Å². The van der Waals surface area contributed by atoms with E-state index < -0.39 is 5.97 Å². The first kappa shape index (κ1) is 12.2. The Bertz CT molecular complexity index is 391. The van der Waals surface area contributed by atoms with E-state index in [4.69, 9.17) is 9.84 Å². The van der Waals surface area contributed by atoms with Crippen LogP contribution in [0, 0.1) is 0 Å². The number of carboxylic acids is 1. The Morgan fingerprint density at radius 1 is 1.53 bits per heavy atom. The minimum absolute atomic E-state index is 0.401. The summed E-state index contributed by atoms with van der Waals surface area (Å²) in [5.74, 6) is -0.820. The predicted octanol–water partition coefficient (Wildman–Crippen LogP) is 2.49. The van der Waals surface area contributed by atoms with Crippen LogP contribution in [0.15, 0.2) is 12.3 Å². The molecule has 4 nitrogen and oxygen atoms in total. The van der Waals surface area contributed by atoms with E-state index in [1.807, 2.05) is 6.20 Å². The summed E-state index contributed by atoms with van der Waals surface area (Å²) >= 11 is 0. The van der Waals surface area contributed by atoms with Crippen molar-refractivity contribution in [3.63, 3.8) is 0 Å². The zero-order chi connectivity index (χ0) is 12.3. The van der Waals surface area contributed by atoms with Crippen molar-refractivity contribution in [2.75, 3.05) is 13.2 Å². The minimum atomic E-state index is -0.820. The lowest BCUT2D eigenvalue weighted by Gasteiger charge is -2.26. The maximum Gasteiger partial charge on any atom is 0.337 e. The molecule has 1 aliphatic rings.